The van der Waals surface area contributed by atoms with Crippen LogP contribution in [0.1, 0.15) is 51.5 Å². The van der Waals surface area contributed by atoms with E-state index in [4.69, 9.17) is 11.6 Å². The summed E-state index contributed by atoms with van der Waals surface area (Å²) in [5.41, 5.74) is 0.644. The summed E-state index contributed by atoms with van der Waals surface area (Å²) in [5.74, 6) is -0.856. The molecule has 0 saturated carbocycles. The SMILES string of the molecule is Cc1nn(C(C)CC(C)(NC(C)C)C(=O)O)c(C)c1Cl. The van der Waals surface area contributed by atoms with Crippen molar-refractivity contribution in [3.05, 3.63) is 16.4 Å². The summed E-state index contributed by atoms with van der Waals surface area (Å²) in [5, 5.41) is 17.7. The highest BCUT2D eigenvalue weighted by Gasteiger charge is 2.36. The largest absolute Gasteiger partial charge is 0.480 e. The Morgan fingerprint density at radius 3 is 2.35 bits per heavy atom. The number of aryl methyl sites for hydroxylation is 1. The first-order valence-corrected chi connectivity index (χ1v) is 7.18. The number of carboxylic acid groups (broad SMARTS) is 1. The molecule has 2 N–H and O–H groups in total. The molecular weight excluding hydrogens is 278 g/mol. The Hall–Kier alpha value is -1.07. The number of hydrogen-bond acceptors (Lipinski definition) is 3. The molecule has 1 rings (SSSR count). The zero-order valence-corrected chi connectivity index (χ0v) is 13.7. The van der Waals surface area contributed by atoms with Crippen molar-refractivity contribution in [2.45, 2.75) is 65.6 Å². The number of halogens is 1. The van der Waals surface area contributed by atoms with Gasteiger partial charge in [-0.3, -0.25) is 14.8 Å². The van der Waals surface area contributed by atoms with Gasteiger partial charge >= 0.3 is 5.97 Å². The van der Waals surface area contributed by atoms with Crippen molar-refractivity contribution < 1.29 is 9.90 Å². The van der Waals surface area contributed by atoms with Crippen LogP contribution >= 0.6 is 11.6 Å². The molecule has 0 saturated heterocycles. The second kappa shape index (κ2) is 6.14. The highest BCUT2D eigenvalue weighted by molar-refractivity contribution is 6.31. The standard InChI is InChI=1S/C14H24ClN3O2/c1-8(2)16-14(6,13(19)20)7-9(3)18-11(5)12(15)10(4)17-18/h8-9,16H,7H2,1-6H3,(H,19,20). The van der Waals surface area contributed by atoms with Crippen molar-refractivity contribution in [1.29, 1.82) is 0 Å². The molecule has 0 aliphatic rings. The lowest BCUT2D eigenvalue weighted by Gasteiger charge is -2.31. The lowest BCUT2D eigenvalue weighted by Crippen LogP contribution is -2.53. The molecule has 0 aromatic carbocycles. The first-order chi connectivity index (χ1) is 9.08. The summed E-state index contributed by atoms with van der Waals surface area (Å²) < 4.78 is 1.81. The fourth-order valence-electron chi connectivity index (χ4n) is 2.59. The highest BCUT2D eigenvalue weighted by atomic mass is 35.5. The zero-order valence-electron chi connectivity index (χ0n) is 13.0. The number of carbonyl (C=O) groups is 1. The van der Waals surface area contributed by atoms with E-state index in [1.54, 1.807) is 11.6 Å². The van der Waals surface area contributed by atoms with Crippen LogP contribution in [0.5, 0.6) is 0 Å². The van der Waals surface area contributed by atoms with Gasteiger partial charge in [0.05, 0.1) is 22.5 Å². The van der Waals surface area contributed by atoms with Crippen LogP contribution in [0.3, 0.4) is 0 Å². The van der Waals surface area contributed by atoms with Gasteiger partial charge in [-0.15, -0.1) is 0 Å². The van der Waals surface area contributed by atoms with Crippen molar-refractivity contribution in [3.8, 4) is 0 Å². The Balaban J connectivity index is 2.99. The molecule has 1 heterocycles. The maximum atomic E-state index is 11.6. The van der Waals surface area contributed by atoms with Crippen molar-refractivity contribution in [2.75, 3.05) is 0 Å². The maximum absolute atomic E-state index is 11.6. The van der Waals surface area contributed by atoms with Crippen LogP contribution in [-0.2, 0) is 4.79 Å². The van der Waals surface area contributed by atoms with Gasteiger partial charge < -0.3 is 5.11 Å². The van der Waals surface area contributed by atoms with Crippen LogP contribution in [-0.4, -0.2) is 32.4 Å². The minimum atomic E-state index is -0.994. The van der Waals surface area contributed by atoms with Gasteiger partial charge in [0.2, 0.25) is 0 Å². The Morgan fingerprint density at radius 2 is 2.00 bits per heavy atom. The second-order valence-electron chi connectivity index (χ2n) is 5.92. The van der Waals surface area contributed by atoms with E-state index < -0.39 is 11.5 Å². The lowest BCUT2D eigenvalue weighted by molar-refractivity contribution is -0.145. The molecule has 5 nitrogen and oxygen atoms in total. The summed E-state index contributed by atoms with van der Waals surface area (Å²) in [6, 6.07) is 0.0286. The molecule has 0 spiro atoms. The van der Waals surface area contributed by atoms with Gasteiger partial charge in [-0.25, -0.2) is 0 Å². The quantitative estimate of drug-likeness (QED) is 0.848. The average molecular weight is 302 g/mol. The van der Waals surface area contributed by atoms with Gasteiger partial charge in [0.25, 0.3) is 0 Å². The topological polar surface area (TPSA) is 67.2 Å². The van der Waals surface area contributed by atoms with E-state index in [0.717, 1.165) is 11.4 Å². The van der Waals surface area contributed by atoms with Crippen molar-refractivity contribution in [3.63, 3.8) is 0 Å². The predicted octanol–water partition coefficient (Wildman–Crippen LogP) is 2.95. The second-order valence-corrected chi connectivity index (χ2v) is 6.30. The molecule has 0 amide bonds. The minimum absolute atomic E-state index is 0.0615. The Labute approximate surface area is 125 Å². The molecular formula is C14H24ClN3O2. The van der Waals surface area contributed by atoms with E-state index in [9.17, 15) is 9.90 Å². The van der Waals surface area contributed by atoms with Crippen LogP contribution < -0.4 is 5.32 Å². The first-order valence-electron chi connectivity index (χ1n) is 6.80. The van der Waals surface area contributed by atoms with Gasteiger partial charge in [0.15, 0.2) is 0 Å². The molecule has 0 aliphatic carbocycles. The Kier molecular flexibility index (Phi) is 5.21. The van der Waals surface area contributed by atoms with Crippen molar-refractivity contribution in [2.24, 2.45) is 0 Å². The van der Waals surface area contributed by atoms with Crippen molar-refractivity contribution >= 4 is 17.6 Å². The summed E-state index contributed by atoms with van der Waals surface area (Å²) >= 11 is 6.15. The predicted molar refractivity (Wildman–Crippen MR) is 80.4 cm³/mol. The number of nitrogens with one attached hydrogen (secondary N) is 1. The molecule has 6 heteroatoms. The van der Waals surface area contributed by atoms with Gasteiger partial charge in [-0.1, -0.05) is 11.6 Å². The van der Waals surface area contributed by atoms with Crippen LogP contribution in [0, 0.1) is 13.8 Å². The lowest BCUT2D eigenvalue weighted by atomic mass is 9.92. The molecule has 1 aromatic heterocycles. The van der Waals surface area contributed by atoms with E-state index in [-0.39, 0.29) is 12.1 Å². The summed E-state index contributed by atoms with van der Waals surface area (Å²) in [4.78, 5) is 11.6. The number of hydrogen-bond donors (Lipinski definition) is 2. The monoisotopic (exact) mass is 301 g/mol. The van der Waals surface area contributed by atoms with Gasteiger partial charge in [-0.05, 0) is 48.0 Å². The van der Waals surface area contributed by atoms with Crippen LogP contribution in [0.15, 0.2) is 0 Å². The van der Waals surface area contributed by atoms with Crippen LogP contribution in [0.2, 0.25) is 5.02 Å². The number of nitrogens with zero attached hydrogens (tertiary/aromatic N) is 2. The third kappa shape index (κ3) is 3.52. The fourth-order valence-corrected chi connectivity index (χ4v) is 2.72. The molecule has 0 bridgehead atoms. The smallest absolute Gasteiger partial charge is 0.323 e. The fraction of sp³-hybridized carbons (Fsp3) is 0.714. The summed E-state index contributed by atoms with van der Waals surface area (Å²) in [6.07, 6.45) is 0.429. The van der Waals surface area contributed by atoms with E-state index >= 15 is 0 Å². The minimum Gasteiger partial charge on any atom is -0.480 e. The summed E-state index contributed by atoms with van der Waals surface area (Å²) in [7, 11) is 0. The molecule has 20 heavy (non-hydrogen) atoms. The normalized spacial score (nSPS) is 16.2. The first kappa shape index (κ1) is 17.0. The zero-order chi connectivity index (χ0) is 15.7. The molecule has 0 fully saturated rings. The van der Waals surface area contributed by atoms with E-state index in [0.29, 0.717) is 11.4 Å². The number of carboxylic acids is 1. The molecule has 2 atom stereocenters. The molecule has 1 aromatic rings. The maximum Gasteiger partial charge on any atom is 0.323 e. The highest BCUT2D eigenvalue weighted by Crippen LogP contribution is 2.27. The Bertz CT molecular complexity index is 499. The van der Waals surface area contributed by atoms with Crippen molar-refractivity contribution in [1.82, 2.24) is 15.1 Å². The number of aromatic nitrogens is 2. The number of aliphatic carboxylic acids is 1. The summed E-state index contributed by atoms with van der Waals surface area (Å²) in [6.45, 7) is 11.3. The van der Waals surface area contributed by atoms with Gasteiger partial charge in [0.1, 0.15) is 5.54 Å². The number of rotatable bonds is 6. The molecule has 0 radical (unpaired) electrons. The Morgan fingerprint density at radius 1 is 1.45 bits per heavy atom. The van der Waals surface area contributed by atoms with Crippen LogP contribution in [0.4, 0.5) is 0 Å². The average Bonchev–Trinajstić information content (AvgIpc) is 2.55. The molecule has 114 valence electrons. The van der Waals surface area contributed by atoms with Gasteiger partial charge in [0, 0.05) is 6.04 Å². The molecule has 2 unspecified atom stereocenters. The third-order valence-electron chi connectivity index (χ3n) is 3.44. The van der Waals surface area contributed by atoms with E-state index in [1.807, 2.05) is 34.6 Å². The van der Waals surface area contributed by atoms with Crippen LogP contribution in [0.25, 0.3) is 0 Å². The van der Waals surface area contributed by atoms with E-state index in [2.05, 4.69) is 10.4 Å². The third-order valence-corrected chi connectivity index (χ3v) is 3.98. The molecule has 0 aliphatic heterocycles. The van der Waals surface area contributed by atoms with Gasteiger partial charge in [-0.2, -0.15) is 5.10 Å². The van der Waals surface area contributed by atoms with E-state index in [1.165, 1.54) is 0 Å².